The zero-order valence-corrected chi connectivity index (χ0v) is 17.5. The van der Waals surface area contributed by atoms with Crippen molar-refractivity contribution < 1.29 is 28.7 Å². The molecule has 3 unspecified atom stereocenters. The minimum Gasteiger partial charge on any atom is -0.388 e. The summed E-state index contributed by atoms with van der Waals surface area (Å²) in [6.07, 6.45) is -1.15. The topological polar surface area (TPSA) is 166 Å². The van der Waals surface area contributed by atoms with Gasteiger partial charge in [0.25, 0.3) is 0 Å². The van der Waals surface area contributed by atoms with Crippen LogP contribution in [0.25, 0.3) is 11.2 Å². The van der Waals surface area contributed by atoms with Crippen molar-refractivity contribution in [2.24, 2.45) is 0 Å². The van der Waals surface area contributed by atoms with Gasteiger partial charge in [0.1, 0.15) is 12.4 Å². The highest BCUT2D eigenvalue weighted by Gasteiger charge is 2.39. The van der Waals surface area contributed by atoms with E-state index in [1.54, 1.807) is 4.57 Å². The van der Waals surface area contributed by atoms with Gasteiger partial charge >= 0.3 is 7.82 Å². The van der Waals surface area contributed by atoms with E-state index in [0.29, 0.717) is 16.3 Å². The average Bonchev–Trinajstić information content (AvgIpc) is 3.22. The molecule has 160 valence electrons. The Morgan fingerprint density at radius 1 is 1.33 bits per heavy atom. The predicted molar refractivity (Wildman–Crippen MR) is 108 cm³/mol. The second-order valence-corrected chi connectivity index (χ2v) is 9.13. The summed E-state index contributed by atoms with van der Waals surface area (Å²) in [7, 11) is -4.64. The Kier molecular flexibility index (Phi) is 5.82. The van der Waals surface area contributed by atoms with Gasteiger partial charge in [-0.2, -0.15) is 0 Å². The van der Waals surface area contributed by atoms with Crippen LogP contribution in [0.3, 0.4) is 0 Å². The molecule has 2 aromatic heterocycles. The molecule has 0 radical (unpaired) electrons. The third-order valence-corrected chi connectivity index (χ3v) is 6.02. The summed E-state index contributed by atoms with van der Waals surface area (Å²) in [6.45, 7) is 1.63. The van der Waals surface area contributed by atoms with Gasteiger partial charge in [-0.05, 0) is 19.1 Å². The highest BCUT2D eigenvalue weighted by molar-refractivity contribution is 7.99. The van der Waals surface area contributed by atoms with E-state index in [-0.39, 0.29) is 18.8 Å². The lowest BCUT2D eigenvalue weighted by Gasteiger charge is -2.19. The number of fused-ring (bicyclic) bond motifs is 1. The fraction of sp³-hybridized carbons (Fsp3) is 0.353. The number of aryl methyl sites for hydroxylation is 1. The van der Waals surface area contributed by atoms with Crippen LogP contribution >= 0.6 is 19.6 Å². The van der Waals surface area contributed by atoms with Crippen LogP contribution in [0.1, 0.15) is 18.2 Å². The number of phosphoric acid groups is 1. The lowest BCUT2D eigenvalue weighted by atomic mass is 10.2. The van der Waals surface area contributed by atoms with Crippen molar-refractivity contribution in [1.29, 1.82) is 0 Å². The van der Waals surface area contributed by atoms with Gasteiger partial charge in [0, 0.05) is 11.3 Å². The summed E-state index contributed by atoms with van der Waals surface area (Å²) in [6, 6.07) is 7.84. The van der Waals surface area contributed by atoms with E-state index in [1.807, 2.05) is 31.2 Å². The van der Waals surface area contributed by atoms with Gasteiger partial charge in [-0.3, -0.25) is 9.09 Å². The number of aromatic nitrogens is 4. The van der Waals surface area contributed by atoms with E-state index in [9.17, 15) is 9.67 Å². The standard InChI is InChI=1S/C17H20N5O6PS/c1-9-2-4-11(5-3-9)30-17-21-13-14(18)19-8-20-15(13)22(17)16-12(23)6-10(28-16)7-27-29(24,25)26/h2-5,8,10,12,16,23H,6-7H2,1H3,(H2,18,19,20)(H2,24,25,26). The summed E-state index contributed by atoms with van der Waals surface area (Å²) in [4.78, 5) is 31.5. The number of benzene rings is 1. The molecule has 0 aliphatic carbocycles. The van der Waals surface area contributed by atoms with E-state index >= 15 is 0 Å². The Bertz CT molecular complexity index is 1100. The normalized spacial score (nSPS) is 22.1. The molecular weight excluding hydrogens is 433 g/mol. The minimum absolute atomic E-state index is 0.125. The number of aliphatic hydroxyl groups excluding tert-OH is 1. The van der Waals surface area contributed by atoms with Gasteiger partial charge in [0.15, 0.2) is 28.4 Å². The highest BCUT2D eigenvalue weighted by atomic mass is 32.2. The molecule has 3 aromatic rings. The molecule has 1 aliphatic rings. The fourth-order valence-electron chi connectivity index (χ4n) is 3.17. The van der Waals surface area contributed by atoms with E-state index in [2.05, 4.69) is 19.5 Å². The molecule has 3 heterocycles. The van der Waals surface area contributed by atoms with E-state index < -0.39 is 26.3 Å². The summed E-state index contributed by atoms with van der Waals surface area (Å²) >= 11 is 1.35. The van der Waals surface area contributed by atoms with Crippen LogP contribution < -0.4 is 5.73 Å². The van der Waals surface area contributed by atoms with Crippen LogP contribution in [-0.2, 0) is 13.8 Å². The van der Waals surface area contributed by atoms with Crippen LogP contribution in [0.15, 0.2) is 40.6 Å². The minimum atomic E-state index is -4.64. The Labute approximate surface area is 175 Å². The first-order valence-corrected chi connectivity index (χ1v) is 11.3. The third kappa shape index (κ3) is 4.49. The quantitative estimate of drug-likeness (QED) is 0.401. The van der Waals surface area contributed by atoms with Gasteiger partial charge in [-0.25, -0.2) is 19.5 Å². The molecule has 5 N–H and O–H groups in total. The fourth-order valence-corrected chi connectivity index (χ4v) is 4.44. The van der Waals surface area contributed by atoms with Crippen LogP contribution in [0, 0.1) is 6.92 Å². The number of hydrogen-bond donors (Lipinski definition) is 4. The second-order valence-electron chi connectivity index (χ2n) is 6.85. The summed E-state index contributed by atoms with van der Waals surface area (Å²) in [5.74, 6) is 0.193. The van der Waals surface area contributed by atoms with Crippen molar-refractivity contribution in [3.63, 3.8) is 0 Å². The number of nitrogens with zero attached hydrogens (tertiary/aromatic N) is 4. The first-order valence-electron chi connectivity index (χ1n) is 8.98. The second kappa shape index (κ2) is 8.23. The largest absolute Gasteiger partial charge is 0.469 e. The van der Waals surface area contributed by atoms with Gasteiger partial charge in [-0.1, -0.05) is 29.5 Å². The molecule has 0 bridgehead atoms. The maximum Gasteiger partial charge on any atom is 0.469 e. The van der Waals surface area contributed by atoms with E-state index in [4.69, 9.17) is 20.3 Å². The van der Waals surface area contributed by atoms with Crippen molar-refractivity contribution in [1.82, 2.24) is 19.5 Å². The SMILES string of the molecule is Cc1ccc(Sc2nc3c(N)ncnc3n2C2OC(COP(=O)(O)O)CC2O)cc1. The number of phosphoric ester groups is 1. The Hall–Kier alpha value is -2.05. The molecular formula is C17H20N5O6PS. The van der Waals surface area contributed by atoms with Crippen molar-refractivity contribution in [3.05, 3.63) is 36.2 Å². The molecule has 11 nitrogen and oxygen atoms in total. The third-order valence-electron chi connectivity index (χ3n) is 4.55. The van der Waals surface area contributed by atoms with Crippen LogP contribution in [0.4, 0.5) is 5.82 Å². The first kappa shape index (κ1) is 21.2. The molecule has 1 fully saturated rings. The van der Waals surface area contributed by atoms with Crippen molar-refractivity contribution in [3.8, 4) is 0 Å². The molecule has 4 rings (SSSR count). The number of nitrogen functional groups attached to an aromatic ring is 1. The number of ether oxygens (including phenoxy) is 1. The molecule has 13 heteroatoms. The molecule has 1 aliphatic heterocycles. The Morgan fingerprint density at radius 3 is 2.77 bits per heavy atom. The molecule has 1 saturated heterocycles. The lowest BCUT2D eigenvalue weighted by molar-refractivity contribution is -0.0523. The number of hydrogen-bond acceptors (Lipinski definition) is 9. The molecule has 0 spiro atoms. The van der Waals surface area contributed by atoms with Crippen LogP contribution in [0.5, 0.6) is 0 Å². The zero-order chi connectivity index (χ0) is 21.5. The number of nitrogens with two attached hydrogens (primary N) is 1. The summed E-state index contributed by atoms with van der Waals surface area (Å²) < 4.78 is 23.0. The summed E-state index contributed by atoms with van der Waals surface area (Å²) in [5.41, 5.74) is 7.84. The highest BCUT2D eigenvalue weighted by Crippen LogP contribution is 2.41. The van der Waals surface area contributed by atoms with Gasteiger partial charge in [0.2, 0.25) is 0 Å². The van der Waals surface area contributed by atoms with Gasteiger partial charge in [-0.15, -0.1) is 0 Å². The van der Waals surface area contributed by atoms with Crippen LogP contribution in [0.2, 0.25) is 0 Å². The Balaban J connectivity index is 1.69. The number of aliphatic hydroxyl groups is 1. The van der Waals surface area contributed by atoms with Crippen molar-refractivity contribution in [2.45, 2.75) is 41.8 Å². The molecule has 0 amide bonds. The average molecular weight is 453 g/mol. The number of rotatable bonds is 6. The molecule has 0 saturated carbocycles. The molecule has 1 aromatic carbocycles. The van der Waals surface area contributed by atoms with Crippen LogP contribution in [-0.4, -0.2) is 53.2 Å². The summed E-state index contributed by atoms with van der Waals surface area (Å²) in [5, 5.41) is 11.1. The monoisotopic (exact) mass is 453 g/mol. The van der Waals surface area contributed by atoms with Gasteiger partial charge < -0.3 is 25.4 Å². The number of imidazole rings is 1. The maximum atomic E-state index is 11.0. The Morgan fingerprint density at radius 2 is 2.07 bits per heavy atom. The predicted octanol–water partition coefficient (Wildman–Crippen LogP) is 1.63. The zero-order valence-electron chi connectivity index (χ0n) is 15.8. The van der Waals surface area contributed by atoms with Gasteiger partial charge in [0.05, 0.1) is 12.7 Å². The molecule has 30 heavy (non-hydrogen) atoms. The number of anilines is 1. The van der Waals surface area contributed by atoms with E-state index in [0.717, 1.165) is 10.5 Å². The van der Waals surface area contributed by atoms with E-state index in [1.165, 1.54) is 18.1 Å². The smallest absolute Gasteiger partial charge is 0.388 e. The van der Waals surface area contributed by atoms with Crippen molar-refractivity contribution >= 4 is 36.6 Å². The van der Waals surface area contributed by atoms with Crippen molar-refractivity contribution in [2.75, 3.05) is 12.3 Å². The first-order chi connectivity index (χ1) is 14.2. The molecule has 3 atom stereocenters. The maximum absolute atomic E-state index is 11.0. The lowest BCUT2D eigenvalue weighted by Crippen LogP contribution is -2.21.